The Morgan fingerprint density at radius 2 is 1.82 bits per heavy atom. The maximum absolute atomic E-state index is 12.4. The Morgan fingerprint density at radius 1 is 1.18 bits per heavy atom. The number of hydrogen-bond acceptors (Lipinski definition) is 3. The number of halogens is 1. The Hall–Kier alpha value is -1.10. The van der Waals surface area contributed by atoms with E-state index in [4.69, 9.17) is 4.74 Å². The van der Waals surface area contributed by atoms with E-state index in [1.165, 1.54) is 0 Å². The van der Waals surface area contributed by atoms with Gasteiger partial charge in [-0.3, -0.25) is 0 Å². The molecule has 0 aliphatic heterocycles. The van der Waals surface area contributed by atoms with Gasteiger partial charge in [0.15, 0.2) is 0 Å². The molecule has 0 N–H and O–H groups in total. The Kier molecular flexibility index (Phi) is 5.41. The SMILES string of the molecule is CCCCCOc1ccc(CS(=O)(=O)F)cc1. The molecule has 0 aliphatic rings. The van der Waals surface area contributed by atoms with E-state index in [-0.39, 0.29) is 0 Å². The van der Waals surface area contributed by atoms with Gasteiger partial charge in [0.1, 0.15) is 11.5 Å². The molecule has 0 bridgehead atoms. The molecule has 0 aromatic heterocycles. The van der Waals surface area contributed by atoms with Crippen molar-refractivity contribution >= 4 is 10.2 Å². The highest BCUT2D eigenvalue weighted by molar-refractivity contribution is 7.85. The molecule has 0 aliphatic carbocycles. The van der Waals surface area contributed by atoms with Crippen LogP contribution in [0.3, 0.4) is 0 Å². The van der Waals surface area contributed by atoms with Crippen molar-refractivity contribution in [1.29, 1.82) is 0 Å². The summed E-state index contributed by atoms with van der Waals surface area (Å²) < 4.78 is 38.7. The summed E-state index contributed by atoms with van der Waals surface area (Å²) in [6.07, 6.45) is 3.26. The van der Waals surface area contributed by atoms with Crippen molar-refractivity contribution in [3.05, 3.63) is 29.8 Å². The molecule has 0 saturated carbocycles. The van der Waals surface area contributed by atoms with E-state index in [1.807, 2.05) is 0 Å². The monoisotopic (exact) mass is 260 g/mol. The zero-order valence-corrected chi connectivity index (χ0v) is 10.7. The fraction of sp³-hybridized carbons (Fsp3) is 0.500. The van der Waals surface area contributed by atoms with Gasteiger partial charge in [-0.2, -0.15) is 8.42 Å². The minimum Gasteiger partial charge on any atom is -0.494 e. The lowest BCUT2D eigenvalue weighted by Crippen LogP contribution is -1.98. The standard InChI is InChI=1S/C12H17FO3S/c1-2-3-4-9-16-12-7-5-11(6-8-12)10-17(13,14)15/h5-8H,2-4,9-10H2,1H3. The van der Waals surface area contributed by atoms with Crippen LogP contribution in [0.15, 0.2) is 24.3 Å². The van der Waals surface area contributed by atoms with Crippen molar-refractivity contribution in [2.24, 2.45) is 0 Å². The summed E-state index contributed by atoms with van der Waals surface area (Å²) in [5.41, 5.74) is 0.424. The average molecular weight is 260 g/mol. The molecule has 0 heterocycles. The predicted octanol–water partition coefficient (Wildman–Crippen LogP) is 3.05. The second kappa shape index (κ2) is 6.59. The molecule has 0 spiro atoms. The Morgan fingerprint density at radius 3 is 2.35 bits per heavy atom. The quantitative estimate of drug-likeness (QED) is 0.559. The van der Waals surface area contributed by atoms with Gasteiger partial charge in [0.05, 0.1) is 6.61 Å². The van der Waals surface area contributed by atoms with Gasteiger partial charge in [-0.25, -0.2) is 0 Å². The van der Waals surface area contributed by atoms with Crippen LogP contribution in [-0.4, -0.2) is 15.0 Å². The molecule has 96 valence electrons. The molecule has 0 fully saturated rings. The van der Waals surface area contributed by atoms with Crippen LogP contribution in [0, 0.1) is 0 Å². The summed E-state index contributed by atoms with van der Waals surface area (Å²) in [6, 6.07) is 6.44. The van der Waals surface area contributed by atoms with E-state index in [0.717, 1.165) is 19.3 Å². The van der Waals surface area contributed by atoms with Crippen LogP contribution < -0.4 is 4.74 Å². The summed E-state index contributed by atoms with van der Waals surface area (Å²) >= 11 is 0. The number of benzene rings is 1. The highest BCUT2D eigenvalue weighted by Gasteiger charge is 2.08. The zero-order valence-electron chi connectivity index (χ0n) is 9.86. The summed E-state index contributed by atoms with van der Waals surface area (Å²) in [7, 11) is -4.46. The van der Waals surface area contributed by atoms with Crippen LogP contribution in [0.5, 0.6) is 5.75 Å². The van der Waals surface area contributed by atoms with Crippen molar-refractivity contribution < 1.29 is 17.0 Å². The highest BCUT2D eigenvalue weighted by atomic mass is 32.3. The topological polar surface area (TPSA) is 43.4 Å². The third kappa shape index (κ3) is 6.26. The van der Waals surface area contributed by atoms with Gasteiger partial charge in [0.2, 0.25) is 0 Å². The van der Waals surface area contributed by atoms with E-state index in [9.17, 15) is 12.3 Å². The molecule has 1 aromatic carbocycles. The molecule has 3 nitrogen and oxygen atoms in total. The number of rotatable bonds is 7. The molecule has 5 heteroatoms. The highest BCUT2D eigenvalue weighted by Crippen LogP contribution is 2.15. The third-order valence-corrected chi connectivity index (χ3v) is 2.96. The summed E-state index contributed by atoms with van der Waals surface area (Å²) in [5, 5.41) is 0. The van der Waals surface area contributed by atoms with Crippen LogP contribution in [0.2, 0.25) is 0 Å². The first kappa shape index (κ1) is 14.0. The second-order valence-electron chi connectivity index (χ2n) is 3.88. The predicted molar refractivity (Wildman–Crippen MR) is 65.2 cm³/mol. The minimum atomic E-state index is -4.46. The molecule has 0 unspecified atom stereocenters. The molecular formula is C12H17FO3S. The van der Waals surface area contributed by atoms with Gasteiger partial charge >= 0.3 is 10.2 Å². The molecule has 0 saturated heterocycles. The van der Waals surface area contributed by atoms with Gasteiger partial charge in [-0.05, 0) is 24.1 Å². The van der Waals surface area contributed by atoms with Crippen LogP contribution >= 0.6 is 0 Å². The fourth-order valence-corrected chi connectivity index (χ4v) is 2.01. The van der Waals surface area contributed by atoms with E-state index >= 15 is 0 Å². The maximum atomic E-state index is 12.4. The normalized spacial score (nSPS) is 11.4. The molecule has 0 amide bonds. The number of hydrogen-bond donors (Lipinski definition) is 0. The zero-order chi connectivity index (χ0) is 12.7. The minimum absolute atomic E-state index is 0.424. The van der Waals surface area contributed by atoms with Crippen molar-refractivity contribution in [2.75, 3.05) is 6.61 Å². The molecule has 1 rings (SSSR count). The van der Waals surface area contributed by atoms with Crippen molar-refractivity contribution in [1.82, 2.24) is 0 Å². The maximum Gasteiger partial charge on any atom is 0.306 e. The first-order valence-electron chi connectivity index (χ1n) is 5.65. The Balaban J connectivity index is 2.45. The van der Waals surface area contributed by atoms with E-state index in [1.54, 1.807) is 24.3 Å². The Bertz CT molecular complexity index is 426. The summed E-state index contributed by atoms with van der Waals surface area (Å²) in [4.78, 5) is 0. The van der Waals surface area contributed by atoms with Crippen molar-refractivity contribution in [3.63, 3.8) is 0 Å². The van der Waals surface area contributed by atoms with Crippen LogP contribution in [0.1, 0.15) is 31.7 Å². The van der Waals surface area contributed by atoms with E-state index in [0.29, 0.717) is 17.9 Å². The van der Waals surface area contributed by atoms with Crippen molar-refractivity contribution in [2.45, 2.75) is 31.9 Å². The van der Waals surface area contributed by atoms with E-state index in [2.05, 4.69) is 6.92 Å². The summed E-state index contributed by atoms with van der Waals surface area (Å²) in [5.74, 6) is 0.101. The van der Waals surface area contributed by atoms with Gasteiger partial charge in [0, 0.05) is 0 Å². The molecular weight excluding hydrogens is 243 g/mol. The van der Waals surface area contributed by atoms with Gasteiger partial charge in [-0.15, -0.1) is 3.89 Å². The lowest BCUT2D eigenvalue weighted by atomic mass is 10.2. The fourth-order valence-electron chi connectivity index (χ4n) is 1.42. The van der Waals surface area contributed by atoms with E-state index < -0.39 is 16.0 Å². The number of ether oxygens (including phenoxy) is 1. The first-order chi connectivity index (χ1) is 8.01. The molecule has 0 radical (unpaired) electrons. The lowest BCUT2D eigenvalue weighted by molar-refractivity contribution is 0.306. The molecule has 17 heavy (non-hydrogen) atoms. The van der Waals surface area contributed by atoms with Crippen LogP contribution in [0.4, 0.5) is 3.89 Å². The first-order valence-corrected chi connectivity index (χ1v) is 7.20. The second-order valence-corrected chi connectivity index (χ2v) is 5.25. The lowest BCUT2D eigenvalue weighted by Gasteiger charge is -2.06. The van der Waals surface area contributed by atoms with Crippen LogP contribution in [-0.2, 0) is 16.0 Å². The smallest absolute Gasteiger partial charge is 0.306 e. The van der Waals surface area contributed by atoms with Crippen molar-refractivity contribution in [3.8, 4) is 5.75 Å². The van der Waals surface area contributed by atoms with Gasteiger partial charge < -0.3 is 4.74 Å². The van der Waals surface area contributed by atoms with Gasteiger partial charge in [-0.1, -0.05) is 31.9 Å². The average Bonchev–Trinajstić information content (AvgIpc) is 2.25. The summed E-state index contributed by atoms with van der Waals surface area (Å²) in [6.45, 7) is 2.76. The third-order valence-electron chi connectivity index (χ3n) is 2.28. The molecule has 0 atom stereocenters. The van der Waals surface area contributed by atoms with Crippen LogP contribution in [0.25, 0.3) is 0 Å². The largest absolute Gasteiger partial charge is 0.494 e. The Labute approximate surface area is 102 Å². The number of unbranched alkanes of at least 4 members (excludes halogenated alkanes) is 2. The molecule has 1 aromatic rings. The van der Waals surface area contributed by atoms with Gasteiger partial charge in [0.25, 0.3) is 0 Å².